The predicted molar refractivity (Wildman–Crippen MR) is 97.3 cm³/mol. The molecule has 1 aromatic heterocycles. The van der Waals surface area contributed by atoms with Gasteiger partial charge in [0, 0.05) is 13.1 Å². The number of aromatic nitrogens is 1. The van der Waals surface area contributed by atoms with Gasteiger partial charge in [-0.3, -0.25) is 9.59 Å². The molecule has 0 bridgehead atoms. The minimum absolute atomic E-state index is 0.0844. The highest BCUT2D eigenvalue weighted by molar-refractivity contribution is 5.96. The van der Waals surface area contributed by atoms with Gasteiger partial charge in [-0.25, -0.2) is 8.78 Å². The topological polar surface area (TPSA) is 51.1 Å². The Labute approximate surface area is 151 Å². The Kier molecular flexibility index (Phi) is 5.69. The van der Waals surface area contributed by atoms with E-state index in [0.717, 1.165) is 25.0 Å². The van der Waals surface area contributed by atoms with Crippen LogP contribution in [0.25, 0.3) is 10.8 Å². The fourth-order valence-corrected chi connectivity index (χ4v) is 3.70. The summed E-state index contributed by atoms with van der Waals surface area (Å²) in [7, 11) is 0. The van der Waals surface area contributed by atoms with E-state index in [4.69, 9.17) is 0 Å². The first kappa shape index (κ1) is 18.5. The van der Waals surface area contributed by atoms with E-state index in [2.05, 4.69) is 5.32 Å². The molecule has 140 valence electrons. The molecule has 0 aliphatic heterocycles. The smallest absolute Gasteiger partial charge is 0.268 e. The molecule has 6 heteroatoms. The number of carbonyl (C=O) groups is 1. The van der Waals surface area contributed by atoms with Crippen molar-refractivity contribution in [1.82, 2.24) is 9.88 Å². The maximum atomic E-state index is 13.6. The van der Waals surface area contributed by atoms with Crippen LogP contribution in [-0.4, -0.2) is 17.0 Å². The zero-order valence-electron chi connectivity index (χ0n) is 15.0. The average molecular weight is 362 g/mol. The van der Waals surface area contributed by atoms with Gasteiger partial charge >= 0.3 is 0 Å². The van der Waals surface area contributed by atoms with Gasteiger partial charge in [-0.2, -0.15) is 0 Å². The van der Waals surface area contributed by atoms with Crippen molar-refractivity contribution in [3.05, 3.63) is 45.9 Å². The lowest BCUT2D eigenvalue weighted by Gasteiger charge is -2.22. The standard InChI is InChI=1S/C20H24F2N2O2/c1-2-8-24-18(19(25)23-12-13-6-4-3-5-7-13)10-14-9-16(21)17(22)11-15(14)20(24)26/h9-11,13H,2-8,12H2,1H3,(H,23,25). The highest BCUT2D eigenvalue weighted by Crippen LogP contribution is 2.23. The van der Waals surface area contributed by atoms with E-state index in [1.165, 1.54) is 29.9 Å². The zero-order chi connectivity index (χ0) is 18.7. The summed E-state index contributed by atoms with van der Waals surface area (Å²) < 4.78 is 28.5. The van der Waals surface area contributed by atoms with Crippen LogP contribution < -0.4 is 10.9 Å². The van der Waals surface area contributed by atoms with Crippen LogP contribution in [0, 0.1) is 17.6 Å². The number of halogens is 2. The van der Waals surface area contributed by atoms with Gasteiger partial charge in [-0.1, -0.05) is 26.2 Å². The number of carbonyl (C=O) groups excluding carboxylic acids is 1. The molecular weight excluding hydrogens is 338 g/mol. The SMILES string of the molecule is CCCn1c(C(=O)NCC2CCCCC2)cc2cc(F)c(F)cc2c1=O. The molecule has 1 N–H and O–H groups in total. The number of pyridine rings is 1. The molecule has 2 aromatic rings. The summed E-state index contributed by atoms with van der Waals surface area (Å²) in [4.78, 5) is 25.4. The van der Waals surface area contributed by atoms with Crippen LogP contribution in [0.4, 0.5) is 8.78 Å². The fourth-order valence-electron chi connectivity index (χ4n) is 3.70. The van der Waals surface area contributed by atoms with Gasteiger partial charge in [0.2, 0.25) is 0 Å². The van der Waals surface area contributed by atoms with Gasteiger partial charge in [-0.05, 0) is 48.8 Å². The van der Waals surface area contributed by atoms with E-state index in [1.54, 1.807) is 0 Å². The van der Waals surface area contributed by atoms with Gasteiger partial charge in [0.05, 0.1) is 5.39 Å². The van der Waals surface area contributed by atoms with Crippen LogP contribution in [0.1, 0.15) is 55.9 Å². The molecule has 1 fully saturated rings. The van der Waals surface area contributed by atoms with Gasteiger partial charge < -0.3 is 9.88 Å². The molecule has 4 nitrogen and oxygen atoms in total. The molecule has 1 saturated carbocycles. The summed E-state index contributed by atoms with van der Waals surface area (Å²) in [6, 6.07) is 3.36. The van der Waals surface area contributed by atoms with E-state index in [9.17, 15) is 18.4 Å². The van der Waals surface area contributed by atoms with Crippen molar-refractivity contribution in [2.45, 2.75) is 52.0 Å². The number of nitrogens with one attached hydrogen (secondary N) is 1. The molecular formula is C20H24F2N2O2. The van der Waals surface area contributed by atoms with Crippen LogP contribution in [0.3, 0.4) is 0 Å². The molecule has 0 radical (unpaired) electrons. The Hall–Kier alpha value is -2.24. The molecule has 1 aromatic carbocycles. The van der Waals surface area contributed by atoms with Gasteiger partial charge in [-0.15, -0.1) is 0 Å². The van der Waals surface area contributed by atoms with Gasteiger partial charge in [0.1, 0.15) is 5.69 Å². The van der Waals surface area contributed by atoms with Crippen molar-refractivity contribution in [2.75, 3.05) is 6.54 Å². The quantitative estimate of drug-likeness (QED) is 0.874. The normalized spacial score (nSPS) is 15.3. The monoisotopic (exact) mass is 362 g/mol. The third-order valence-corrected chi connectivity index (χ3v) is 5.11. The second kappa shape index (κ2) is 7.98. The Morgan fingerprint density at radius 3 is 2.54 bits per heavy atom. The molecule has 1 aliphatic rings. The van der Waals surface area contributed by atoms with E-state index >= 15 is 0 Å². The Bertz CT molecular complexity index is 870. The summed E-state index contributed by atoms with van der Waals surface area (Å²) >= 11 is 0. The van der Waals surface area contributed by atoms with E-state index in [-0.39, 0.29) is 22.4 Å². The lowest BCUT2D eigenvalue weighted by atomic mass is 9.89. The number of hydrogen-bond acceptors (Lipinski definition) is 2. The maximum absolute atomic E-state index is 13.6. The first-order valence-electron chi connectivity index (χ1n) is 9.32. The summed E-state index contributed by atoms with van der Waals surface area (Å²) in [5.74, 6) is -1.97. The first-order valence-corrected chi connectivity index (χ1v) is 9.32. The van der Waals surface area contributed by atoms with Gasteiger partial charge in [0.25, 0.3) is 11.5 Å². The molecule has 26 heavy (non-hydrogen) atoms. The highest BCUT2D eigenvalue weighted by Gasteiger charge is 2.19. The summed E-state index contributed by atoms with van der Waals surface area (Å²) in [6.45, 7) is 2.82. The number of amides is 1. The van der Waals surface area contributed by atoms with Crippen molar-refractivity contribution >= 4 is 16.7 Å². The number of fused-ring (bicyclic) bond motifs is 1. The molecule has 0 saturated heterocycles. The lowest BCUT2D eigenvalue weighted by molar-refractivity contribution is 0.0933. The van der Waals surface area contributed by atoms with E-state index in [1.807, 2.05) is 6.92 Å². The third kappa shape index (κ3) is 3.79. The first-order chi connectivity index (χ1) is 12.5. The maximum Gasteiger partial charge on any atom is 0.268 e. The van der Waals surface area contributed by atoms with Crippen LogP contribution in [0.2, 0.25) is 0 Å². The Balaban J connectivity index is 1.94. The van der Waals surface area contributed by atoms with Crippen LogP contribution in [0.5, 0.6) is 0 Å². The summed E-state index contributed by atoms with van der Waals surface area (Å²) in [6.07, 6.45) is 6.46. The van der Waals surface area contributed by atoms with Crippen LogP contribution in [0.15, 0.2) is 23.0 Å². The van der Waals surface area contributed by atoms with Crippen molar-refractivity contribution in [2.24, 2.45) is 5.92 Å². The van der Waals surface area contributed by atoms with Crippen molar-refractivity contribution in [1.29, 1.82) is 0 Å². The fraction of sp³-hybridized carbons (Fsp3) is 0.500. The third-order valence-electron chi connectivity index (χ3n) is 5.11. The highest BCUT2D eigenvalue weighted by atomic mass is 19.2. The average Bonchev–Trinajstić information content (AvgIpc) is 2.64. The van der Waals surface area contributed by atoms with Crippen molar-refractivity contribution in [3.8, 4) is 0 Å². The van der Waals surface area contributed by atoms with Crippen molar-refractivity contribution in [3.63, 3.8) is 0 Å². The number of hydrogen-bond donors (Lipinski definition) is 1. The molecule has 1 amide bonds. The minimum Gasteiger partial charge on any atom is -0.350 e. The largest absolute Gasteiger partial charge is 0.350 e. The van der Waals surface area contributed by atoms with Crippen LogP contribution >= 0.6 is 0 Å². The molecule has 0 atom stereocenters. The minimum atomic E-state index is -1.06. The Morgan fingerprint density at radius 1 is 1.15 bits per heavy atom. The second-order valence-electron chi connectivity index (χ2n) is 7.05. The second-order valence-corrected chi connectivity index (χ2v) is 7.05. The van der Waals surface area contributed by atoms with E-state index < -0.39 is 17.2 Å². The number of rotatable bonds is 5. The number of benzene rings is 1. The molecule has 1 heterocycles. The molecule has 3 rings (SSSR count). The van der Waals surface area contributed by atoms with Crippen molar-refractivity contribution < 1.29 is 13.6 Å². The van der Waals surface area contributed by atoms with Gasteiger partial charge in [0.15, 0.2) is 11.6 Å². The van der Waals surface area contributed by atoms with E-state index in [0.29, 0.717) is 25.4 Å². The number of nitrogens with zero attached hydrogens (tertiary/aromatic N) is 1. The molecule has 1 aliphatic carbocycles. The summed E-state index contributed by atoms with van der Waals surface area (Å²) in [5, 5.41) is 3.24. The summed E-state index contributed by atoms with van der Waals surface area (Å²) in [5.41, 5.74) is -0.266. The Morgan fingerprint density at radius 2 is 1.85 bits per heavy atom. The predicted octanol–water partition coefficient (Wildman–Crippen LogP) is 4.00. The molecule has 0 spiro atoms. The lowest BCUT2D eigenvalue weighted by Crippen LogP contribution is -2.35. The molecule has 0 unspecified atom stereocenters. The van der Waals surface area contributed by atoms with Crippen LogP contribution in [-0.2, 0) is 6.54 Å². The zero-order valence-corrected chi connectivity index (χ0v) is 15.0.